The lowest BCUT2D eigenvalue weighted by molar-refractivity contribution is -0.302. The van der Waals surface area contributed by atoms with Gasteiger partial charge in [0.15, 0.2) is 6.29 Å². The van der Waals surface area contributed by atoms with Crippen molar-refractivity contribution in [2.24, 2.45) is 0 Å². The van der Waals surface area contributed by atoms with Gasteiger partial charge in [-0.3, -0.25) is 9.59 Å². The minimum atomic E-state index is -1.58. The summed E-state index contributed by atoms with van der Waals surface area (Å²) in [5, 5.41) is 54.3. The van der Waals surface area contributed by atoms with Crippen molar-refractivity contribution < 1.29 is 49.3 Å². The smallest absolute Gasteiger partial charge is 0.305 e. The van der Waals surface area contributed by atoms with E-state index in [0.29, 0.717) is 19.4 Å². The molecule has 1 heterocycles. The van der Waals surface area contributed by atoms with E-state index in [1.807, 2.05) is 6.08 Å². The molecule has 7 unspecified atom stereocenters. The van der Waals surface area contributed by atoms with Crippen molar-refractivity contribution in [2.75, 3.05) is 19.8 Å². The summed E-state index contributed by atoms with van der Waals surface area (Å²) in [6, 6.07) is -0.833. The van der Waals surface area contributed by atoms with Crippen LogP contribution in [0, 0.1) is 0 Å². The van der Waals surface area contributed by atoms with Gasteiger partial charge in [0.2, 0.25) is 5.91 Å². The molecule has 0 aromatic heterocycles. The first-order valence-electron chi connectivity index (χ1n) is 31.7. The minimum Gasteiger partial charge on any atom is -0.466 e. The molecule has 0 aromatic carbocycles. The second kappa shape index (κ2) is 55.0. The highest BCUT2D eigenvalue weighted by atomic mass is 16.7. The molecular formula is C66H117NO10. The molecule has 0 bridgehead atoms. The Kier molecular flexibility index (Phi) is 51.5. The fourth-order valence-electron chi connectivity index (χ4n) is 9.46. The summed E-state index contributed by atoms with van der Waals surface area (Å²) in [5.41, 5.74) is 0. The molecule has 1 aliphatic rings. The van der Waals surface area contributed by atoms with E-state index in [1.54, 1.807) is 6.08 Å². The third kappa shape index (κ3) is 44.5. The van der Waals surface area contributed by atoms with Crippen LogP contribution in [-0.2, 0) is 23.8 Å². The van der Waals surface area contributed by atoms with Gasteiger partial charge in [-0.05, 0) is 103 Å². The van der Waals surface area contributed by atoms with Gasteiger partial charge in [0, 0.05) is 12.8 Å². The Hall–Kier alpha value is -2.90. The lowest BCUT2D eigenvalue weighted by Crippen LogP contribution is -2.60. The van der Waals surface area contributed by atoms with E-state index in [9.17, 15) is 35.1 Å². The molecule has 1 fully saturated rings. The molecule has 0 spiro atoms. The predicted octanol–water partition coefficient (Wildman–Crippen LogP) is 15.2. The number of amides is 1. The zero-order valence-corrected chi connectivity index (χ0v) is 49.2. The number of nitrogens with one attached hydrogen (secondary N) is 1. The Balaban J connectivity index is 2.04. The first-order chi connectivity index (χ1) is 37.7. The standard InChI is InChI=1S/C66H117NO10/c1-3-5-7-9-11-13-15-29-34-38-42-46-50-54-62(71)75-55-51-47-43-39-35-31-28-26-24-22-20-18-16-17-19-21-23-25-27-30-33-37-41-45-49-53-61(70)67-58(57-76-66-65(74)64(73)63(72)60(56-68)77-66)59(69)52-48-44-40-36-32-14-12-10-8-6-4-2/h7,9,13,15,17-20,32,36,48,52,58-60,63-66,68-69,72-74H,3-6,8,10-12,14,16,21-31,33-35,37-47,49-51,53-57H2,1-2H3,(H,67,70)/b9-7-,15-13-,19-17-,20-18-,36-32+,52-48+. The van der Waals surface area contributed by atoms with Gasteiger partial charge in [-0.1, -0.05) is 228 Å². The molecule has 1 aliphatic heterocycles. The molecular weight excluding hydrogens is 967 g/mol. The molecule has 0 saturated carbocycles. The van der Waals surface area contributed by atoms with Crippen molar-refractivity contribution in [2.45, 2.75) is 314 Å². The van der Waals surface area contributed by atoms with Crippen molar-refractivity contribution in [3.05, 3.63) is 72.9 Å². The van der Waals surface area contributed by atoms with Crippen LogP contribution in [0.3, 0.4) is 0 Å². The number of carbonyl (C=O) groups is 2. The summed E-state index contributed by atoms with van der Waals surface area (Å²) in [6.07, 6.45) is 63.0. The summed E-state index contributed by atoms with van der Waals surface area (Å²) < 4.78 is 16.7. The monoisotopic (exact) mass is 1080 g/mol. The molecule has 11 nitrogen and oxygen atoms in total. The van der Waals surface area contributed by atoms with Crippen LogP contribution in [0.15, 0.2) is 72.9 Å². The molecule has 0 radical (unpaired) electrons. The highest BCUT2D eigenvalue weighted by Crippen LogP contribution is 2.23. The Morgan fingerprint density at radius 3 is 1.42 bits per heavy atom. The average Bonchev–Trinajstić information content (AvgIpc) is 3.43. The van der Waals surface area contributed by atoms with Gasteiger partial charge in [0.25, 0.3) is 0 Å². The number of ether oxygens (including phenoxy) is 3. The second-order valence-electron chi connectivity index (χ2n) is 21.7. The van der Waals surface area contributed by atoms with Crippen LogP contribution in [0.4, 0.5) is 0 Å². The van der Waals surface area contributed by atoms with Crippen molar-refractivity contribution in [3.8, 4) is 0 Å². The summed E-state index contributed by atoms with van der Waals surface area (Å²) >= 11 is 0. The lowest BCUT2D eigenvalue weighted by Gasteiger charge is -2.40. The van der Waals surface area contributed by atoms with Gasteiger partial charge < -0.3 is 45.1 Å². The predicted molar refractivity (Wildman–Crippen MR) is 319 cm³/mol. The number of allylic oxidation sites excluding steroid dienone is 11. The topological polar surface area (TPSA) is 175 Å². The van der Waals surface area contributed by atoms with E-state index in [0.717, 1.165) is 96.3 Å². The number of esters is 1. The molecule has 1 amide bonds. The highest BCUT2D eigenvalue weighted by Gasteiger charge is 2.44. The molecule has 1 rings (SSSR count). The molecule has 0 aromatic rings. The number of hydrogen-bond acceptors (Lipinski definition) is 10. The van der Waals surface area contributed by atoms with Crippen molar-refractivity contribution in [1.29, 1.82) is 0 Å². The van der Waals surface area contributed by atoms with E-state index in [2.05, 4.69) is 79.9 Å². The van der Waals surface area contributed by atoms with E-state index in [1.165, 1.54) is 148 Å². The SMILES string of the molecule is CCC/C=C\C/C=C\CCCCCCCC(=O)OCCCCCCCCCCC/C=C\C/C=C\CCCCCCCCCCCC(=O)NC(COC1OC(CO)C(O)C(O)C1O)C(O)/C=C/CC/C=C/CCCCCCC. The number of carbonyl (C=O) groups excluding carboxylic acids is 2. The third-order valence-electron chi connectivity index (χ3n) is 14.5. The van der Waals surface area contributed by atoms with Crippen LogP contribution >= 0.6 is 0 Å². The zero-order chi connectivity index (χ0) is 55.9. The number of aliphatic hydroxyl groups is 5. The van der Waals surface area contributed by atoms with E-state index >= 15 is 0 Å². The van der Waals surface area contributed by atoms with Crippen LogP contribution < -0.4 is 5.32 Å². The summed E-state index contributed by atoms with van der Waals surface area (Å²) in [6.45, 7) is 4.22. The normalized spacial score (nSPS) is 19.1. The molecule has 0 aliphatic carbocycles. The maximum atomic E-state index is 13.0. The number of unbranched alkanes of at least 4 members (excludes halogenated alkanes) is 30. The molecule has 6 N–H and O–H groups in total. The first-order valence-corrected chi connectivity index (χ1v) is 31.7. The van der Waals surface area contributed by atoms with Crippen LogP contribution in [0.1, 0.15) is 271 Å². The van der Waals surface area contributed by atoms with Crippen molar-refractivity contribution in [3.63, 3.8) is 0 Å². The largest absolute Gasteiger partial charge is 0.466 e. The lowest BCUT2D eigenvalue weighted by atomic mass is 9.99. The maximum absolute atomic E-state index is 13.0. The Labute approximate surface area is 471 Å². The molecule has 1 saturated heterocycles. The van der Waals surface area contributed by atoms with Crippen LogP contribution in [0.5, 0.6) is 0 Å². The Bertz CT molecular complexity index is 1510. The third-order valence-corrected chi connectivity index (χ3v) is 14.5. The van der Waals surface area contributed by atoms with Crippen LogP contribution in [-0.4, -0.2) is 100 Å². The Morgan fingerprint density at radius 1 is 0.481 bits per heavy atom. The van der Waals surface area contributed by atoms with E-state index in [-0.39, 0.29) is 18.5 Å². The maximum Gasteiger partial charge on any atom is 0.305 e. The number of aliphatic hydroxyl groups excluding tert-OH is 5. The van der Waals surface area contributed by atoms with Gasteiger partial charge in [-0.15, -0.1) is 0 Å². The Morgan fingerprint density at radius 2 is 0.909 bits per heavy atom. The minimum absolute atomic E-state index is 0.0183. The van der Waals surface area contributed by atoms with Crippen molar-refractivity contribution in [1.82, 2.24) is 5.32 Å². The highest BCUT2D eigenvalue weighted by molar-refractivity contribution is 5.76. The summed E-state index contributed by atoms with van der Waals surface area (Å²) in [5.74, 6) is -0.219. The zero-order valence-electron chi connectivity index (χ0n) is 49.2. The molecule has 7 atom stereocenters. The molecule has 11 heteroatoms. The first kappa shape index (κ1) is 72.1. The average molecular weight is 1080 g/mol. The second-order valence-corrected chi connectivity index (χ2v) is 21.7. The number of rotatable bonds is 54. The summed E-state index contributed by atoms with van der Waals surface area (Å²) in [4.78, 5) is 25.1. The van der Waals surface area contributed by atoms with Gasteiger partial charge >= 0.3 is 5.97 Å². The van der Waals surface area contributed by atoms with Crippen molar-refractivity contribution >= 4 is 11.9 Å². The van der Waals surface area contributed by atoms with E-state index < -0.39 is 49.5 Å². The van der Waals surface area contributed by atoms with Crippen LogP contribution in [0.25, 0.3) is 0 Å². The van der Waals surface area contributed by atoms with Gasteiger partial charge in [-0.2, -0.15) is 0 Å². The van der Waals surface area contributed by atoms with Gasteiger partial charge in [0.1, 0.15) is 24.4 Å². The van der Waals surface area contributed by atoms with Gasteiger partial charge in [-0.25, -0.2) is 0 Å². The number of hydrogen-bond donors (Lipinski definition) is 6. The molecule has 446 valence electrons. The fourth-order valence-corrected chi connectivity index (χ4v) is 9.46. The van der Waals surface area contributed by atoms with Crippen LogP contribution in [0.2, 0.25) is 0 Å². The quantitative estimate of drug-likeness (QED) is 0.0195. The fraction of sp³-hybridized carbons (Fsp3) is 0.788. The summed E-state index contributed by atoms with van der Waals surface area (Å²) in [7, 11) is 0. The van der Waals surface area contributed by atoms with Gasteiger partial charge in [0.05, 0.1) is 32.0 Å². The molecule has 77 heavy (non-hydrogen) atoms. The van der Waals surface area contributed by atoms with E-state index in [4.69, 9.17) is 14.2 Å².